The van der Waals surface area contributed by atoms with Crippen LogP contribution in [0.2, 0.25) is 0 Å². The van der Waals surface area contributed by atoms with E-state index in [-0.39, 0.29) is 4.90 Å². The summed E-state index contributed by atoms with van der Waals surface area (Å²) in [5.41, 5.74) is 4.02. The average Bonchev–Trinajstić information content (AvgIpc) is 3.09. The summed E-state index contributed by atoms with van der Waals surface area (Å²) < 4.78 is 27.6. The lowest BCUT2D eigenvalue weighted by Crippen LogP contribution is -2.12. The number of aromatic nitrogens is 1. The number of hydrogen-bond donors (Lipinski definition) is 1. The Hall–Kier alpha value is -2.96. The molecular weight excluding hydrogens is 388 g/mol. The van der Waals surface area contributed by atoms with Crippen LogP contribution in [-0.4, -0.2) is 13.4 Å². The van der Waals surface area contributed by atoms with Gasteiger partial charge in [0.25, 0.3) is 10.0 Å². The van der Waals surface area contributed by atoms with Crippen LogP contribution in [0, 0.1) is 6.92 Å². The molecule has 0 aliphatic heterocycles. The van der Waals surface area contributed by atoms with Crippen LogP contribution in [0.1, 0.15) is 4.88 Å². The van der Waals surface area contributed by atoms with Gasteiger partial charge in [0.15, 0.2) is 5.13 Å². The van der Waals surface area contributed by atoms with Gasteiger partial charge in [-0.15, -0.1) is 11.3 Å². The van der Waals surface area contributed by atoms with Crippen LogP contribution in [0.5, 0.6) is 0 Å². The number of rotatable bonds is 5. The predicted octanol–water partition coefficient (Wildman–Crippen LogP) is 5.59. The molecule has 4 nitrogen and oxygen atoms in total. The zero-order chi connectivity index (χ0) is 19.6. The fourth-order valence-corrected chi connectivity index (χ4v) is 5.02. The molecular formula is C22H18N2O2S2. The maximum atomic E-state index is 12.5. The minimum atomic E-state index is -3.64. The Kier molecular flexibility index (Phi) is 4.98. The minimum absolute atomic E-state index is 0.219. The molecule has 0 amide bonds. The molecule has 0 bridgehead atoms. The first-order valence-corrected chi connectivity index (χ1v) is 11.0. The molecule has 6 heteroatoms. The maximum absolute atomic E-state index is 12.5. The highest BCUT2D eigenvalue weighted by Gasteiger charge is 2.17. The molecule has 0 atom stereocenters. The highest BCUT2D eigenvalue weighted by atomic mass is 32.2. The summed E-state index contributed by atoms with van der Waals surface area (Å²) in [7, 11) is -3.64. The van der Waals surface area contributed by atoms with Crippen molar-refractivity contribution in [3.05, 3.63) is 89.8 Å². The van der Waals surface area contributed by atoms with Crippen molar-refractivity contribution in [3.8, 4) is 22.4 Å². The van der Waals surface area contributed by atoms with Gasteiger partial charge in [-0.3, -0.25) is 4.72 Å². The van der Waals surface area contributed by atoms with Gasteiger partial charge in [0.2, 0.25) is 0 Å². The Morgan fingerprint density at radius 3 is 1.93 bits per heavy atom. The Morgan fingerprint density at radius 2 is 1.29 bits per heavy atom. The van der Waals surface area contributed by atoms with Crippen molar-refractivity contribution in [1.82, 2.24) is 4.98 Å². The quantitative estimate of drug-likeness (QED) is 0.470. The van der Waals surface area contributed by atoms with E-state index in [1.807, 2.05) is 37.3 Å². The molecule has 0 aliphatic carbocycles. The predicted molar refractivity (Wildman–Crippen MR) is 115 cm³/mol. The first-order chi connectivity index (χ1) is 13.5. The van der Waals surface area contributed by atoms with Gasteiger partial charge in [-0.2, -0.15) is 0 Å². The SMILES string of the molecule is Cc1sc(NS(=O)(=O)c2ccccc2)nc1-c1ccc(-c2ccccc2)cc1. The van der Waals surface area contributed by atoms with Crippen LogP contribution in [0.3, 0.4) is 0 Å². The van der Waals surface area contributed by atoms with E-state index in [9.17, 15) is 8.42 Å². The molecule has 0 fully saturated rings. The molecule has 28 heavy (non-hydrogen) atoms. The van der Waals surface area contributed by atoms with Gasteiger partial charge in [0, 0.05) is 10.4 Å². The summed E-state index contributed by atoms with van der Waals surface area (Å²) in [5.74, 6) is 0. The fraction of sp³-hybridized carbons (Fsp3) is 0.0455. The summed E-state index contributed by atoms with van der Waals surface area (Å²) in [6.45, 7) is 1.94. The Balaban J connectivity index is 1.60. The third-order valence-corrected chi connectivity index (χ3v) is 6.71. The number of aryl methyl sites for hydroxylation is 1. The van der Waals surface area contributed by atoms with E-state index in [2.05, 4.69) is 34.0 Å². The zero-order valence-electron chi connectivity index (χ0n) is 15.2. The van der Waals surface area contributed by atoms with Crippen LogP contribution < -0.4 is 4.72 Å². The summed E-state index contributed by atoms with van der Waals surface area (Å²) in [6.07, 6.45) is 0. The van der Waals surface area contributed by atoms with E-state index in [4.69, 9.17) is 0 Å². The highest BCUT2D eigenvalue weighted by molar-refractivity contribution is 7.93. The smallest absolute Gasteiger partial charge is 0.255 e. The van der Waals surface area contributed by atoms with E-state index in [0.29, 0.717) is 5.13 Å². The number of hydrogen-bond acceptors (Lipinski definition) is 4. The van der Waals surface area contributed by atoms with E-state index in [1.165, 1.54) is 11.3 Å². The summed E-state index contributed by atoms with van der Waals surface area (Å²) in [5, 5.41) is 0.364. The summed E-state index contributed by atoms with van der Waals surface area (Å²) >= 11 is 1.33. The van der Waals surface area contributed by atoms with Crippen molar-refractivity contribution in [2.45, 2.75) is 11.8 Å². The third kappa shape index (κ3) is 3.83. The molecule has 3 aromatic carbocycles. The minimum Gasteiger partial charge on any atom is -0.255 e. The molecule has 0 aliphatic rings. The van der Waals surface area contributed by atoms with Crippen LogP contribution >= 0.6 is 11.3 Å². The van der Waals surface area contributed by atoms with Crippen LogP contribution in [0.4, 0.5) is 5.13 Å². The standard InChI is InChI=1S/C22H18N2O2S2/c1-16-21(19-14-12-18(13-15-19)17-8-4-2-5-9-17)23-22(27-16)24-28(25,26)20-10-6-3-7-11-20/h2-15H,1H3,(H,23,24). The summed E-state index contributed by atoms with van der Waals surface area (Å²) in [6, 6.07) is 26.6. The average molecular weight is 407 g/mol. The Bertz CT molecular complexity index is 1180. The monoisotopic (exact) mass is 406 g/mol. The van der Waals surface area contributed by atoms with Gasteiger partial charge in [0.05, 0.1) is 10.6 Å². The molecule has 140 valence electrons. The molecule has 4 aromatic rings. The van der Waals surface area contributed by atoms with E-state index in [0.717, 1.165) is 27.3 Å². The van der Waals surface area contributed by atoms with Crippen LogP contribution in [0.25, 0.3) is 22.4 Å². The van der Waals surface area contributed by atoms with Crippen molar-refractivity contribution >= 4 is 26.5 Å². The van der Waals surface area contributed by atoms with Crippen molar-refractivity contribution in [1.29, 1.82) is 0 Å². The van der Waals surface area contributed by atoms with Crippen molar-refractivity contribution < 1.29 is 8.42 Å². The zero-order valence-corrected chi connectivity index (χ0v) is 16.8. The number of sulfonamides is 1. The molecule has 0 radical (unpaired) electrons. The van der Waals surface area contributed by atoms with E-state index >= 15 is 0 Å². The Labute approximate surface area is 168 Å². The number of nitrogens with one attached hydrogen (secondary N) is 1. The second-order valence-corrected chi connectivity index (χ2v) is 9.17. The molecule has 0 saturated heterocycles. The summed E-state index contributed by atoms with van der Waals surface area (Å²) in [4.78, 5) is 5.70. The first-order valence-electron chi connectivity index (χ1n) is 8.74. The van der Waals surface area contributed by atoms with Gasteiger partial charge in [-0.05, 0) is 30.2 Å². The molecule has 0 spiro atoms. The van der Waals surface area contributed by atoms with E-state index in [1.54, 1.807) is 30.3 Å². The number of nitrogens with zero attached hydrogens (tertiary/aromatic N) is 1. The maximum Gasteiger partial charge on any atom is 0.263 e. The Morgan fingerprint density at radius 1 is 0.750 bits per heavy atom. The normalized spacial score (nSPS) is 11.3. The highest BCUT2D eigenvalue weighted by Crippen LogP contribution is 2.32. The molecule has 1 N–H and O–H groups in total. The van der Waals surface area contributed by atoms with Crippen LogP contribution in [0.15, 0.2) is 89.8 Å². The topological polar surface area (TPSA) is 59.1 Å². The van der Waals surface area contributed by atoms with Crippen molar-refractivity contribution in [3.63, 3.8) is 0 Å². The second-order valence-electron chi connectivity index (χ2n) is 6.29. The molecule has 4 rings (SSSR count). The van der Waals surface area contributed by atoms with Crippen molar-refractivity contribution in [2.24, 2.45) is 0 Å². The third-order valence-electron chi connectivity index (χ3n) is 4.34. The van der Waals surface area contributed by atoms with Gasteiger partial charge in [-0.1, -0.05) is 72.8 Å². The molecule has 0 saturated carbocycles. The molecule has 1 aromatic heterocycles. The van der Waals surface area contributed by atoms with Gasteiger partial charge < -0.3 is 0 Å². The number of benzene rings is 3. The van der Waals surface area contributed by atoms with Crippen molar-refractivity contribution in [2.75, 3.05) is 4.72 Å². The number of thiazole rings is 1. The van der Waals surface area contributed by atoms with Gasteiger partial charge in [-0.25, -0.2) is 13.4 Å². The molecule has 1 heterocycles. The first kappa shape index (κ1) is 18.4. The lowest BCUT2D eigenvalue weighted by Gasteiger charge is -2.05. The number of anilines is 1. The van der Waals surface area contributed by atoms with E-state index < -0.39 is 10.0 Å². The largest absolute Gasteiger partial charge is 0.263 e. The second kappa shape index (κ2) is 7.58. The lowest BCUT2D eigenvalue weighted by molar-refractivity contribution is 0.601. The fourth-order valence-electron chi connectivity index (χ4n) is 2.93. The lowest BCUT2D eigenvalue weighted by atomic mass is 10.0. The molecule has 0 unspecified atom stereocenters. The van der Waals surface area contributed by atoms with Gasteiger partial charge in [0.1, 0.15) is 0 Å². The van der Waals surface area contributed by atoms with Gasteiger partial charge >= 0.3 is 0 Å². The van der Waals surface area contributed by atoms with Crippen LogP contribution in [-0.2, 0) is 10.0 Å².